The van der Waals surface area contributed by atoms with E-state index in [1.807, 2.05) is 4.90 Å². The molecule has 0 bridgehead atoms. The van der Waals surface area contributed by atoms with Crippen LogP contribution >= 0.6 is 11.3 Å². The fourth-order valence-corrected chi connectivity index (χ4v) is 3.47. The fourth-order valence-electron chi connectivity index (χ4n) is 2.77. The van der Waals surface area contributed by atoms with Crippen molar-refractivity contribution in [3.8, 4) is 0 Å². The zero-order chi connectivity index (χ0) is 12.4. The zero-order valence-electron chi connectivity index (χ0n) is 10.3. The number of morpholine rings is 1. The maximum Gasteiger partial charge on any atom is 0.242 e. The SMILES string of the molecule is O=C(C1COCCN1)N1CCCC1c1ccsc1. The summed E-state index contributed by atoms with van der Waals surface area (Å²) in [4.78, 5) is 14.5. The summed E-state index contributed by atoms with van der Waals surface area (Å²) in [5.74, 6) is 0.198. The number of hydrogen-bond donors (Lipinski definition) is 1. The first kappa shape index (κ1) is 12.1. The molecule has 2 unspecified atom stereocenters. The van der Waals surface area contributed by atoms with Gasteiger partial charge in [-0.3, -0.25) is 4.79 Å². The normalized spacial score (nSPS) is 28.6. The van der Waals surface area contributed by atoms with Crippen molar-refractivity contribution in [3.05, 3.63) is 22.4 Å². The topological polar surface area (TPSA) is 41.6 Å². The molecule has 2 atom stereocenters. The molecule has 4 nitrogen and oxygen atoms in total. The van der Waals surface area contributed by atoms with Gasteiger partial charge in [-0.2, -0.15) is 11.3 Å². The van der Waals surface area contributed by atoms with Crippen LogP contribution in [-0.4, -0.2) is 43.2 Å². The van der Waals surface area contributed by atoms with Gasteiger partial charge in [-0.1, -0.05) is 0 Å². The third-order valence-electron chi connectivity index (χ3n) is 3.68. The number of thiophene rings is 1. The molecule has 2 fully saturated rings. The third-order valence-corrected chi connectivity index (χ3v) is 4.39. The molecule has 0 radical (unpaired) electrons. The molecule has 0 aromatic carbocycles. The molecule has 5 heteroatoms. The summed E-state index contributed by atoms with van der Waals surface area (Å²) in [6, 6.07) is 2.25. The largest absolute Gasteiger partial charge is 0.378 e. The highest BCUT2D eigenvalue weighted by molar-refractivity contribution is 7.07. The van der Waals surface area contributed by atoms with E-state index in [2.05, 4.69) is 22.1 Å². The lowest BCUT2D eigenvalue weighted by Crippen LogP contribution is -2.52. The summed E-state index contributed by atoms with van der Waals surface area (Å²) in [5, 5.41) is 7.48. The summed E-state index contributed by atoms with van der Waals surface area (Å²) < 4.78 is 5.38. The molecule has 0 spiro atoms. The van der Waals surface area contributed by atoms with Crippen LogP contribution in [0.5, 0.6) is 0 Å². The Balaban J connectivity index is 1.72. The molecule has 2 aliphatic rings. The van der Waals surface area contributed by atoms with Crippen LogP contribution in [-0.2, 0) is 9.53 Å². The van der Waals surface area contributed by atoms with Crippen LogP contribution in [0.25, 0.3) is 0 Å². The summed E-state index contributed by atoms with van der Waals surface area (Å²) >= 11 is 1.70. The van der Waals surface area contributed by atoms with Crippen molar-refractivity contribution in [1.29, 1.82) is 0 Å². The molecule has 2 saturated heterocycles. The maximum absolute atomic E-state index is 12.5. The molecule has 3 rings (SSSR count). The monoisotopic (exact) mass is 266 g/mol. The molecule has 1 aromatic heterocycles. The number of amides is 1. The molecule has 0 saturated carbocycles. The Morgan fingerprint density at radius 2 is 2.50 bits per heavy atom. The van der Waals surface area contributed by atoms with Crippen molar-refractivity contribution < 1.29 is 9.53 Å². The van der Waals surface area contributed by atoms with E-state index in [0.29, 0.717) is 13.2 Å². The number of nitrogens with zero attached hydrogens (tertiary/aromatic N) is 1. The van der Waals surface area contributed by atoms with Crippen molar-refractivity contribution in [3.63, 3.8) is 0 Å². The fraction of sp³-hybridized carbons (Fsp3) is 0.615. The smallest absolute Gasteiger partial charge is 0.242 e. The van der Waals surface area contributed by atoms with Gasteiger partial charge in [0.15, 0.2) is 0 Å². The first-order valence-electron chi connectivity index (χ1n) is 6.50. The van der Waals surface area contributed by atoms with Crippen molar-refractivity contribution in [1.82, 2.24) is 10.2 Å². The van der Waals surface area contributed by atoms with E-state index in [1.165, 1.54) is 5.56 Å². The van der Waals surface area contributed by atoms with Crippen LogP contribution in [0, 0.1) is 0 Å². The standard InChI is InChI=1S/C13H18N2O2S/c16-13(11-8-17-6-4-14-11)15-5-1-2-12(15)10-3-7-18-9-10/h3,7,9,11-12,14H,1-2,4-6,8H2. The van der Waals surface area contributed by atoms with Crippen LogP contribution in [0.15, 0.2) is 16.8 Å². The van der Waals surface area contributed by atoms with Gasteiger partial charge < -0.3 is 15.0 Å². The van der Waals surface area contributed by atoms with E-state index in [-0.39, 0.29) is 18.0 Å². The zero-order valence-corrected chi connectivity index (χ0v) is 11.1. The summed E-state index contributed by atoms with van der Waals surface area (Å²) in [6.07, 6.45) is 2.18. The lowest BCUT2D eigenvalue weighted by molar-refractivity contribution is -0.137. The van der Waals surface area contributed by atoms with Gasteiger partial charge >= 0.3 is 0 Å². The van der Waals surface area contributed by atoms with Crippen LogP contribution in [0.3, 0.4) is 0 Å². The van der Waals surface area contributed by atoms with Gasteiger partial charge in [-0.15, -0.1) is 0 Å². The predicted octanol–water partition coefficient (Wildman–Crippen LogP) is 1.40. The molecule has 0 aliphatic carbocycles. The molecular formula is C13H18N2O2S. The minimum atomic E-state index is -0.155. The lowest BCUT2D eigenvalue weighted by atomic mass is 10.1. The second kappa shape index (κ2) is 5.38. The lowest BCUT2D eigenvalue weighted by Gasteiger charge is -2.31. The van der Waals surface area contributed by atoms with Gasteiger partial charge in [0.25, 0.3) is 0 Å². The van der Waals surface area contributed by atoms with E-state index in [0.717, 1.165) is 25.9 Å². The average molecular weight is 266 g/mol. The molecule has 2 aliphatic heterocycles. The highest BCUT2D eigenvalue weighted by Crippen LogP contribution is 2.33. The van der Waals surface area contributed by atoms with Crippen LogP contribution < -0.4 is 5.32 Å². The summed E-state index contributed by atoms with van der Waals surface area (Å²) in [6.45, 7) is 2.86. The predicted molar refractivity (Wildman–Crippen MR) is 70.6 cm³/mol. The number of carbonyl (C=O) groups is 1. The van der Waals surface area contributed by atoms with Crippen molar-refractivity contribution in [2.75, 3.05) is 26.3 Å². The number of rotatable bonds is 2. The first-order chi connectivity index (χ1) is 8.86. The van der Waals surface area contributed by atoms with E-state index in [4.69, 9.17) is 4.74 Å². The maximum atomic E-state index is 12.5. The van der Waals surface area contributed by atoms with Gasteiger partial charge in [-0.25, -0.2) is 0 Å². The number of likely N-dealkylation sites (tertiary alicyclic amines) is 1. The Labute approximate surface area is 111 Å². The van der Waals surface area contributed by atoms with Crippen molar-refractivity contribution in [2.24, 2.45) is 0 Å². The van der Waals surface area contributed by atoms with Crippen LogP contribution in [0.1, 0.15) is 24.4 Å². The van der Waals surface area contributed by atoms with E-state index in [1.54, 1.807) is 11.3 Å². The molecular weight excluding hydrogens is 248 g/mol. The summed E-state index contributed by atoms with van der Waals surface area (Å²) in [5.41, 5.74) is 1.28. The van der Waals surface area contributed by atoms with E-state index in [9.17, 15) is 4.79 Å². The van der Waals surface area contributed by atoms with E-state index < -0.39 is 0 Å². The number of ether oxygens (including phenoxy) is 1. The van der Waals surface area contributed by atoms with Gasteiger partial charge in [-0.05, 0) is 35.2 Å². The summed E-state index contributed by atoms with van der Waals surface area (Å²) in [7, 11) is 0. The highest BCUT2D eigenvalue weighted by Gasteiger charge is 2.34. The second-order valence-electron chi connectivity index (χ2n) is 4.83. The average Bonchev–Trinajstić information content (AvgIpc) is 3.09. The Morgan fingerprint density at radius 3 is 3.22 bits per heavy atom. The minimum Gasteiger partial charge on any atom is -0.378 e. The third kappa shape index (κ3) is 2.30. The Bertz CT molecular complexity index is 401. The van der Waals surface area contributed by atoms with Gasteiger partial charge in [0.1, 0.15) is 6.04 Å². The molecule has 18 heavy (non-hydrogen) atoms. The Hall–Kier alpha value is -0.910. The van der Waals surface area contributed by atoms with Crippen LogP contribution in [0.2, 0.25) is 0 Å². The Morgan fingerprint density at radius 1 is 1.56 bits per heavy atom. The number of carbonyl (C=O) groups excluding carboxylic acids is 1. The number of nitrogens with one attached hydrogen (secondary N) is 1. The molecule has 1 aromatic rings. The molecule has 98 valence electrons. The Kier molecular flexibility index (Phi) is 3.63. The molecule has 1 N–H and O–H groups in total. The van der Waals surface area contributed by atoms with Crippen molar-refractivity contribution in [2.45, 2.75) is 24.9 Å². The molecule has 1 amide bonds. The number of hydrogen-bond acceptors (Lipinski definition) is 4. The van der Waals surface area contributed by atoms with Gasteiger partial charge in [0.05, 0.1) is 19.3 Å². The van der Waals surface area contributed by atoms with Crippen LogP contribution in [0.4, 0.5) is 0 Å². The van der Waals surface area contributed by atoms with E-state index >= 15 is 0 Å². The first-order valence-corrected chi connectivity index (χ1v) is 7.44. The van der Waals surface area contributed by atoms with Crippen molar-refractivity contribution >= 4 is 17.2 Å². The minimum absolute atomic E-state index is 0.155. The molecule has 3 heterocycles. The van der Waals surface area contributed by atoms with Gasteiger partial charge in [0.2, 0.25) is 5.91 Å². The second-order valence-corrected chi connectivity index (χ2v) is 5.61. The highest BCUT2D eigenvalue weighted by atomic mass is 32.1. The van der Waals surface area contributed by atoms with Gasteiger partial charge in [0, 0.05) is 13.1 Å². The quantitative estimate of drug-likeness (QED) is 0.880.